The third-order valence-electron chi connectivity index (χ3n) is 4.59. The van der Waals surface area contributed by atoms with Gasteiger partial charge in [0.2, 0.25) is 0 Å². The van der Waals surface area contributed by atoms with E-state index in [2.05, 4.69) is 5.32 Å². The molecule has 0 spiro atoms. The summed E-state index contributed by atoms with van der Waals surface area (Å²) in [4.78, 5) is 12.1. The number of rotatable bonds is 7. The molecule has 1 aliphatic heterocycles. The van der Waals surface area contributed by atoms with E-state index in [0.717, 1.165) is 29.1 Å². The van der Waals surface area contributed by atoms with Crippen LogP contribution >= 0.6 is 0 Å². The molecule has 1 unspecified atom stereocenters. The zero-order valence-corrected chi connectivity index (χ0v) is 16.3. The molecule has 0 saturated carbocycles. The van der Waals surface area contributed by atoms with Crippen LogP contribution in [0.1, 0.15) is 49.0 Å². The number of aliphatic hydroxyl groups excluding tert-OH is 1. The molecule has 0 fully saturated rings. The maximum absolute atomic E-state index is 12.1. The second-order valence-corrected chi connectivity index (χ2v) is 7.59. The van der Waals surface area contributed by atoms with Gasteiger partial charge in [0, 0.05) is 24.1 Å². The van der Waals surface area contributed by atoms with Crippen molar-refractivity contribution in [2.45, 2.75) is 52.2 Å². The summed E-state index contributed by atoms with van der Waals surface area (Å²) >= 11 is 0. The van der Waals surface area contributed by atoms with Crippen molar-refractivity contribution in [1.82, 2.24) is 5.32 Å². The lowest BCUT2D eigenvalue weighted by Gasteiger charge is -2.18. The number of aryl methyl sites for hydroxylation is 2. The first-order valence-corrected chi connectivity index (χ1v) is 9.20. The molecule has 0 radical (unpaired) electrons. The molecule has 1 amide bonds. The zero-order valence-electron chi connectivity index (χ0n) is 16.3. The molecule has 1 aliphatic rings. The summed E-state index contributed by atoms with van der Waals surface area (Å²) in [5.41, 5.74) is 1.59. The molecule has 146 valence electrons. The summed E-state index contributed by atoms with van der Waals surface area (Å²) in [7, 11) is 0. The predicted molar refractivity (Wildman–Crippen MR) is 101 cm³/mol. The third kappa shape index (κ3) is 4.63. The van der Waals surface area contributed by atoms with Gasteiger partial charge in [-0.15, -0.1) is 0 Å². The van der Waals surface area contributed by atoms with Crippen LogP contribution in [0, 0.1) is 13.8 Å². The van der Waals surface area contributed by atoms with Gasteiger partial charge in [-0.2, -0.15) is 0 Å². The van der Waals surface area contributed by atoms with Crippen LogP contribution in [0.15, 0.2) is 28.7 Å². The first-order valence-electron chi connectivity index (χ1n) is 9.20. The summed E-state index contributed by atoms with van der Waals surface area (Å²) in [6.07, 6.45) is 0.553. The maximum atomic E-state index is 12.1. The number of amides is 1. The average Bonchev–Trinajstić information content (AvgIpc) is 3.09. The fourth-order valence-electron chi connectivity index (χ4n) is 3.38. The van der Waals surface area contributed by atoms with Crippen LogP contribution < -0.4 is 14.8 Å². The molecule has 1 aromatic carbocycles. The fraction of sp³-hybridized carbons (Fsp3) is 0.476. The Morgan fingerprint density at radius 3 is 2.85 bits per heavy atom. The van der Waals surface area contributed by atoms with E-state index in [1.54, 1.807) is 6.07 Å². The molecule has 0 aliphatic carbocycles. The number of hydrogen-bond acceptors (Lipinski definition) is 5. The van der Waals surface area contributed by atoms with Gasteiger partial charge in [-0.3, -0.25) is 4.79 Å². The van der Waals surface area contributed by atoms with Crippen molar-refractivity contribution >= 4 is 5.91 Å². The van der Waals surface area contributed by atoms with E-state index in [1.807, 2.05) is 45.9 Å². The van der Waals surface area contributed by atoms with Crippen molar-refractivity contribution < 1.29 is 23.8 Å². The lowest BCUT2D eigenvalue weighted by Crippen LogP contribution is -2.30. The SMILES string of the molecule is Cc1cc(C(O)CCNC(=O)COc2cccc3c2OC(C)(C)C3)c(C)o1. The van der Waals surface area contributed by atoms with Gasteiger partial charge in [0.15, 0.2) is 18.1 Å². The van der Waals surface area contributed by atoms with Gasteiger partial charge in [0.25, 0.3) is 5.91 Å². The highest BCUT2D eigenvalue weighted by Crippen LogP contribution is 2.41. The summed E-state index contributed by atoms with van der Waals surface area (Å²) in [5.74, 6) is 2.53. The molecule has 1 aromatic heterocycles. The van der Waals surface area contributed by atoms with Gasteiger partial charge >= 0.3 is 0 Å². The molecule has 0 saturated heterocycles. The standard InChI is InChI=1S/C21H27NO5/c1-13-10-16(14(2)26-13)17(23)8-9-22-19(24)12-25-18-7-5-6-15-11-21(3,4)27-20(15)18/h5-7,10,17,23H,8-9,11-12H2,1-4H3,(H,22,24). The molecular weight excluding hydrogens is 346 g/mol. The minimum absolute atomic E-state index is 0.0970. The fourth-order valence-corrected chi connectivity index (χ4v) is 3.38. The van der Waals surface area contributed by atoms with Crippen LogP contribution in [0.3, 0.4) is 0 Å². The Kier molecular flexibility index (Phi) is 5.46. The second-order valence-electron chi connectivity index (χ2n) is 7.59. The Morgan fingerprint density at radius 1 is 1.37 bits per heavy atom. The third-order valence-corrected chi connectivity index (χ3v) is 4.59. The highest BCUT2D eigenvalue weighted by Gasteiger charge is 2.32. The zero-order chi connectivity index (χ0) is 19.6. The molecule has 2 aromatic rings. The van der Waals surface area contributed by atoms with Gasteiger partial charge in [-0.25, -0.2) is 0 Å². The Labute approximate surface area is 159 Å². The molecule has 3 rings (SSSR count). The first kappa shape index (κ1) is 19.3. The molecule has 27 heavy (non-hydrogen) atoms. The van der Waals surface area contributed by atoms with Crippen molar-refractivity contribution in [1.29, 1.82) is 0 Å². The Bertz CT molecular complexity index is 824. The number of hydrogen-bond donors (Lipinski definition) is 2. The van der Waals surface area contributed by atoms with E-state index < -0.39 is 6.10 Å². The Balaban J connectivity index is 1.46. The van der Waals surface area contributed by atoms with Gasteiger partial charge in [-0.05, 0) is 46.2 Å². The average molecular weight is 373 g/mol. The number of para-hydroxylation sites is 1. The summed E-state index contributed by atoms with van der Waals surface area (Å²) in [6.45, 7) is 7.97. The normalized spacial score (nSPS) is 15.7. The number of fused-ring (bicyclic) bond motifs is 1. The molecule has 6 nitrogen and oxygen atoms in total. The van der Waals surface area contributed by atoms with Gasteiger partial charge in [0.05, 0.1) is 6.10 Å². The molecule has 2 N–H and O–H groups in total. The van der Waals surface area contributed by atoms with E-state index >= 15 is 0 Å². The smallest absolute Gasteiger partial charge is 0.257 e. The molecular formula is C21H27NO5. The van der Waals surface area contributed by atoms with E-state index in [-0.39, 0.29) is 18.1 Å². The molecule has 6 heteroatoms. The van der Waals surface area contributed by atoms with Crippen molar-refractivity contribution in [2.75, 3.05) is 13.2 Å². The van der Waals surface area contributed by atoms with Crippen molar-refractivity contribution in [3.63, 3.8) is 0 Å². The lowest BCUT2D eigenvalue weighted by atomic mass is 10.0. The van der Waals surface area contributed by atoms with Crippen LogP contribution in [-0.4, -0.2) is 29.8 Å². The minimum atomic E-state index is -0.670. The van der Waals surface area contributed by atoms with Crippen molar-refractivity contribution in [3.8, 4) is 11.5 Å². The highest BCUT2D eigenvalue weighted by molar-refractivity contribution is 5.77. The van der Waals surface area contributed by atoms with Gasteiger partial charge in [0.1, 0.15) is 17.1 Å². The molecule has 0 bridgehead atoms. The Hall–Kier alpha value is -2.47. The minimum Gasteiger partial charge on any atom is -0.483 e. The van der Waals surface area contributed by atoms with Crippen LogP contribution in [0.4, 0.5) is 0 Å². The number of furan rings is 1. The summed E-state index contributed by atoms with van der Waals surface area (Å²) in [6, 6.07) is 7.55. The number of nitrogens with one attached hydrogen (secondary N) is 1. The van der Waals surface area contributed by atoms with Crippen LogP contribution in [0.2, 0.25) is 0 Å². The topological polar surface area (TPSA) is 80.9 Å². The second kappa shape index (κ2) is 7.64. The van der Waals surface area contributed by atoms with E-state index in [1.165, 1.54) is 0 Å². The number of ether oxygens (including phenoxy) is 2. The van der Waals surface area contributed by atoms with Crippen molar-refractivity contribution in [2.24, 2.45) is 0 Å². The number of carbonyl (C=O) groups is 1. The maximum Gasteiger partial charge on any atom is 0.257 e. The van der Waals surface area contributed by atoms with Crippen LogP contribution in [-0.2, 0) is 11.2 Å². The monoisotopic (exact) mass is 373 g/mol. The first-order chi connectivity index (χ1) is 12.7. The van der Waals surface area contributed by atoms with E-state index in [4.69, 9.17) is 13.9 Å². The van der Waals surface area contributed by atoms with Crippen molar-refractivity contribution in [3.05, 3.63) is 46.9 Å². The number of aliphatic hydroxyl groups is 1. The predicted octanol–water partition coefficient (Wildman–Crippen LogP) is 3.23. The van der Waals surface area contributed by atoms with Gasteiger partial charge in [-0.1, -0.05) is 12.1 Å². The van der Waals surface area contributed by atoms with Gasteiger partial charge < -0.3 is 24.3 Å². The van der Waals surface area contributed by atoms with E-state index in [0.29, 0.717) is 24.5 Å². The highest BCUT2D eigenvalue weighted by atomic mass is 16.5. The quantitative estimate of drug-likeness (QED) is 0.779. The molecule has 1 atom stereocenters. The summed E-state index contributed by atoms with van der Waals surface area (Å²) < 4.78 is 17.0. The van der Waals surface area contributed by atoms with Crippen LogP contribution in [0.25, 0.3) is 0 Å². The Morgan fingerprint density at radius 2 is 2.15 bits per heavy atom. The number of benzene rings is 1. The number of carbonyl (C=O) groups excluding carboxylic acids is 1. The van der Waals surface area contributed by atoms with E-state index in [9.17, 15) is 9.90 Å². The lowest BCUT2D eigenvalue weighted by molar-refractivity contribution is -0.123. The molecule has 2 heterocycles. The largest absolute Gasteiger partial charge is 0.483 e. The summed E-state index contributed by atoms with van der Waals surface area (Å²) in [5, 5.41) is 13.0. The van der Waals surface area contributed by atoms with Crippen LogP contribution in [0.5, 0.6) is 11.5 Å².